The van der Waals surface area contributed by atoms with Gasteiger partial charge in [0.1, 0.15) is 11.2 Å². The van der Waals surface area contributed by atoms with E-state index in [1.165, 1.54) is 18.4 Å². The Morgan fingerprint density at radius 1 is 1.11 bits per heavy atom. The van der Waals surface area contributed by atoms with Crippen LogP contribution in [0, 0.1) is 6.92 Å². The van der Waals surface area contributed by atoms with E-state index in [4.69, 9.17) is 0 Å². The summed E-state index contributed by atoms with van der Waals surface area (Å²) in [6.07, 6.45) is 16.2. The number of nitrogens with one attached hydrogen (secondary N) is 1. The summed E-state index contributed by atoms with van der Waals surface area (Å²) in [7, 11) is 0. The van der Waals surface area contributed by atoms with E-state index in [1.807, 2.05) is 36.4 Å². The van der Waals surface area contributed by atoms with Gasteiger partial charge in [0.15, 0.2) is 0 Å². The van der Waals surface area contributed by atoms with Gasteiger partial charge in [0.05, 0.1) is 17.7 Å². The first-order valence-electron chi connectivity index (χ1n) is 14.0. The first kappa shape index (κ1) is 24.1. The number of allylic oxidation sites excluding steroid dienone is 1. The Bertz CT molecular complexity index is 1360. The highest BCUT2D eigenvalue weighted by molar-refractivity contribution is 6.09. The Labute approximate surface area is 219 Å². The lowest BCUT2D eigenvalue weighted by Gasteiger charge is -2.45. The molecule has 3 aliphatic rings. The summed E-state index contributed by atoms with van der Waals surface area (Å²) >= 11 is 0. The number of carbonyl (C=O) groups excluding carboxylic acids is 2. The Kier molecular flexibility index (Phi) is 6.21. The number of carbonyl (C=O) groups is 2. The smallest absolute Gasteiger partial charge is 0.273 e. The normalized spacial score (nSPS) is 22.4. The van der Waals surface area contributed by atoms with Crippen LogP contribution in [0.4, 0.5) is 0 Å². The molecule has 1 aromatic carbocycles. The van der Waals surface area contributed by atoms with Crippen molar-refractivity contribution in [2.24, 2.45) is 0 Å². The molecule has 1 aliphatic heterocycles. The average Bonchev–Trinajstić information content (AvgIpc) is 3.65. The summed E-state index contributed by atoms with van der Waals surface area (Å²) in [6, 6.07) is 10.6. The number of benzene rings is 1. The average molecular weight is 499 g/mol. The molecule has 6 rings (SSSR count). The van der Waals surface area contributed by atoms with Crippen molar-refractivity contribution in [2.45, 2.75) is 89.8 Å². The quantitative estimate of drug-likeness (QED) is 0.430. The molecule has 0 spiro atoms. The van der Waals surface area contributed by atoms with Crippen LogP contribution in [0.25, 0.3) is 16.6 Å². The number of aromatic nitrogens is 2. The van der Waals surface area contributed by atoms with Crippen molar-refractivity contribution in [1.29, 1.82) is 0 Å². The molecule has 0 bridgehead atoms. The molecule has 0 saturated heterocycles. The van der Waals surface area contributed by atoms with Crippen molar-refractivity contribution in [3.63, 3.8) is 0 Å². The third kappa shape index (κ3) is 4.20. The fourth-order valence-electron chi connectivity index (χ4n) is 6.66. The van der Waals surface area contributed by atoms with E-state index in [0.717, 1.165) is 67.1 Å². The highest BCUT2D eigenvalue weighted by Crippen LogP contribution is 2.39. The molecule has 0 radical (unpaired) electrons. The highest BCUT2D eigenvalue weighted by atomic mass is 16.2. The van der Waals surface area contributed by atoms with Gasteiger partial charge in [-0.25, -0.2) is 0 Å². The van der Waals surface area contributed by atoms with Crippen LogP contribution >= 0.6 is 0 Å². The van der Waals surface area contributed by atoms with Crippen LogP contribution in [0.15, 0.2) is 54.4 Å². The fraction of sp³-hybridized carbons (Fsp3) is 0.484. The predicted molar refractivity (Wildman–Crippen MR) is 147 cm³/mol. The highest BCUT2D eigenvalue weighted by Gasteiger charge is 2.49. The zero-order valence-corrected chi connectivity index (χ0v) is 22.1. The van der Waals surface area contributed by atoms with Gasteiger partial charge >= 0.3 is 0 Å². The molecule has 3 heterocycles. The van der Waals surface area contributed by atoms with Gasteiger partial charge in [0, 0.05) is 30.4 Å². The molecule has 3 aromatic rings. The minimum absolute atomic E-state index is 0.0208. The van der Waals surface area contributed by atoms with Gasteiger partial charge in [-0.1, -0.05) is 36.1 Å². The van der Waals surface area contributed by atoms with Gasteiger partial charge in [-0.2, -0.15) is 0 Å². The molecule has 1 atom stereocenters. The first-order chi connectivity index (χ1) is 18.0. The molecule has 2 aromatic heterocycles. The van der Waals surface area contributed by atoms with Crippen molar-refractivity contribution in [3.05, 3.63) is 65.6 Å². The van der Waals surface area contributed by atoms with Crippen LogP contribution in [0.5, 0.6) is 0 Å². The lowest BCUT2D eigenvalue weighted by atomic mass is 9.92. The maximum Gasteiger partial charge on any atom is 0.273 e. The van der Waals surface area contributed by atoms with E-state index in [1.54, 1.807) is 0 Å². The van der Waals surface area contributed by atoms with Crippen LogP contribution in [0.1, 0.15) is 80.8 Å². The van der Waals surface area contributed by atoms with E-state index in [9.17, 15) is 9.59 Å². The number of hydrogen-bond acceptors (Lipinski definition) is 2. The molecule has 6 heteroatoms. The van der Waals surface area contributed by atoms with Crippen molar-refractivity contribution in [1.82, 2.24) is 19.4 Å². The topological polar surface area (TPSA) is 59.3 Å². The van der Waals surface area contributed by atoms with Crippen LogP contribution in [-0.4, -0.2) is 44.0 Å². The maximum absolute atomic E-state index is 14.5. The van der Waals surface area contributed by atoms with E-state index in [2.05, 4.69) is 45.6 Å². The molecule has 1 fully saturated rings. The van der Waals surface area contributed by atoms with Crippen molar-refractivity contribution < 1.29 is 9.59 Å². The van der Waals surface area contributed by atoms with Gasteiger partial charge in [-0.15, -0.1) is 0 Å². The molecule has 1 saturated carbocycles. The third-order valence-corrected chi connectivity index (χ3v) is 8.79. The summed E-state index contributed by atoms with van der Waals surface area (Å²) in [5.74, 6) is -0.0724. The largest absolute Gasteiger partial charge is 0.351 e. The Morgan fingerprint density at radius 2 is 1.89 bits per heavy atom. The van der Waals surface area contributed by atoms with E-state index >= 15 is 0 Å². The van der Waals surface area contributed by atoms with Gasteiger partial charge < -0.3 is 19.4 Å². The van der Waals surface area contributed by atoms with Crippen LogP contribution in [-0.2, 0) is 11.3 Å². The summed E-state index contributed by atoms with van der Waals surface area (Å²) < 4.78 is 4.16. The zero-order valence-electron chi connectivity index (χ0n) is 22.1. The number of amides is 2. The summed E-state index contributed by atoms with van der Waals surface area (Å²) in [4.78, 5) is 30.4. The van der Waals surface area contributed by atoms with E-state index in [-0.39, 0.29) is 17.9 Å². The van der Waals surface area contributed by atoms with Crippen LogP contribution < -0.4 is 5.32 Å². The van der Waals surface area contributed by atoms with E-state index < -0.39 is 5.54 Å². The summed E-state index contributed by atoms with van der Waals surface area (Å²) in [6.45, 7) is 5.07. The zero-order chi connectivity index (χ0) is 25.6. The Morgan fingerprint density at radius 3 is 2.62 bits per heavy atom. The monoisotopic (exact) mass is 498 g/mol. The molecule has 37 heavy (non-hydrogen) atoms. The molecular formula is C31H38N4O2. The first-order valence-corrected chi connectivity index (χ1v) is 14.0. The summed E-state index contributed by atoms with van der Waals surface area (Å²) in [5, 5.41) is 4.38. The number of hydrogen-bond donors (Lipinski definition) is 1. The Hall–Kier alpha value is -3.28. The van der Waals surface area contributed by atoms with E-state index in [0.29, 0.717) is 18.8 Å². The second kappa shape index (κ2) is 9.55. The molecular weight excluding hydrogens is 460 g/mol. The van der Waals surface area contributed by atoms with Gasteiger partial charge in [-0.3, -0.25) is 9.59 Å². The van der Waals surface area contributed by atoms with Gasteiger partial charge in [-0.05, 0) is 83.1 Å². The standard InChI is InChI=1S/C31H38N4O2/c1-22-14-15-26-25(20-22)27(33-17-8-9-18-33)28-29(36)35(19-16-23-10-4-3-5-11-23)31(2,21-34(26)28)30(37)32-24-12-6-7-13-24/h8-10,14-15,17-18,20,24H,3-7,11-13,16,19,21H2,1-2H3,(H,32,37)/t31-/m1/s1. The van der Waals surface area contributed by atoms with Gasteiger partial charge in [0.25, 0.3) is 5.91 Å². The van der Waals surface area contributed by atoms with Crippen molar-refractivity contribution >= 4 is 22.7 Å². The number of aryl methyl sites for hydroxylation is 1. The number of rotatable bonds is 6. The molecule has 2 aliphatic carbocycles. The molecule has 1 N–H and O–H groups in total. The van der Waals surface area contributed by atoms with Crippen LogP contribution in [0.2, 0.25) is 0 Å². The van der Waals surface area contributed by atoms with Crippen molar-refractivity contribution in [2.75, 3.05) is 6.54 Å². The second-order valence-electron chi connectivity index (χ2n) is 11.4. The summed E-state index contributed by atoms with van der Waals surface area (Å²) in [5.41, 5.74) is 4.22. The van der Waals surface area contributed by atoms with Crippen molar-refractivity contribution in [3.8, 4) is 5.69 Å². The second-order valence-corrected chi connectivity index (χ2v) is 11.4. The molecule has 194 valence electrons. The maximum atomic E-state index is 14.5. The lowest BCUT2D eigenvalue weighted by Crippen LogP contribution is -2.65. The predicted octanol–water partition coefficient (Wildman–Crippen LogP) is 5.90. The minimum Gasteiger partial charge on any atom is -0.351 e. The van der Waals surface area contributed by atoms with Crippen LogP contribution in [0.3, 0.4) is 0 Å². The number of fused-ring (bicyclic) bond motifs is 3. The SMILES string of the molecule is Cc1ccc2c(c1)c(-n1cccc1)c1n2C[C@](C)(C(=O)NC2CCCC2)N(CCC2=CCCCC2)C1=O. The third-order valence-electron chi connectivity index (χ3n) is 8.79. The lowest BCUT2D eigenvalue weighted by molar-refractivity contribution is -0.133. The molecule has 2 amide bonds. The number of nitrogens with zero attached hydrogens (tertiary/aromatic N) is 3. The molecule has 6 nitrogen and oxygen atoms in total. The fourth-order valence-corrected chi connectivity index (χ4v) is 6.66. The minimum atomic E-state index is -0.952. The van der Waals surface area contributed by atoms with Gasteiger partial charge in [0.2, 0.25) is 5.91 Å². The Balaban J connectivity index is 1.46. The molecule has 0 unspecified atom stereocenters.